The van der Waals surface area contributed by atoms with E-state index in [1.165, 1.54) is 6.07 Å². The maximum Gasteiger partial charge on any atom is 0.170 e. The van der Waals surface area contributed by atoms with Gasteiger partial charge in [0.2, 0.25) is 0 Å². The maximum atomic E-state index is 13.6. The van der Waals surface area contributed by atoms with Gasteiger partial charge >= 0.3 is 0 Å². The van der Waals surface area contributed by atoms with Crippen molar-refractivity contribution in [3.63, 3.8) is 0 Å². The summed E-state index contributed by atoms with van der Waals surface area (Å²) in [6, 6.07) is 11.6. The number of hydrogen-bond donors (Lipinski definition) is 1. The van der Waals surface area contributed by atoms with Gasteiger partial charge in [-0.25, -0.2) is 4.39 Å². The van der Waals surface area contributed by atoms with Crippen LogP contribution in [0, 0.1) is 12.7 Å². The van der Waals surface area contributed by atoms with Crippen LogP contribution in [0.5, 0.6) is 0 Å². The van der Waals surface area contributed by atoms with E-state index in [9.17, 15) is 9.50 Å². The molecule has 102 valence electrons. The van der Waals surface area contributed by atoms with Crippen molar-refractivity contribution >= 4 is 22.6 Å². The topological polar surface area (TPSA) is 33.4 Å². The van der Waals surface area contributed by atoms with Gasteiger partial charge in [-0.15, -0.1) is 0 Å². The highest BCUT2D eigenvalue weighted by molar-refractivity contribution is 6.30. The molecule has 3 rings (SSSR count). The van der Waals surface area contributed by atoms with Crippen LogP contribution in [-0.2, 0) is 0 Å². The molecule has 0 spiro atoms. The van der Waals surface area contributed by atoms with E-state index in [1.54, 1.807) is 30.3 Å². The van der Waals surface area contributed by atoms with Gasteiger partial charge in [-0.1, -0.05) is 29.8 Å². The summed E-state index contributed by atoms with van der Waals surface area (Å²) in [6.07, 6.45) is -0.972. The van der Waals surface area contributed by atoms with Crippen LogP contribution < -0.4 is 0 Å². The number of hydrogen-bond acceptors (Lipinski definition) is 2. The second-order valence-corrected chi connectivity index (χ2v) is 5.15. The zero-order chi connectivity index (χ0) is 14.3. The van der Waals surface area contributed by atoms with Gasteiger partial charge in [-0.3, -0.25) is 0 Å². The molecule has 0 aliphatic heterocycles. The van der Waals surface area contributed by atoms with Crippen molar-refractivity contribution in [2.24, 2.45) is 0 Å². The van der Waals surface area contributed by atoms with E-state index in [0.29, 0.717) is 21.7 Å². The van der Waals surface area contributed by atoms with Crippen LogP contribution >= 0.6 is 11.6 Å². The largest absolute Gasteiger partial charge is 0.455 e. The number of benzene rings is 2. The molecule has 1 heterocycles. The van der Waals surface area contributed by atoms with Crippen LogP contribution in [0.3, 0.4) is 0 Å². The highest BCUT2D eigenvalue weighted by Crippen LogP contribution is 2.31. The minimum Gasteiger partial charge on any atom is -0.455 e. The Balaban J connectivity index is 2.10. The molecule has 0 amide bonds. The van der Waals surface area contributed by atoms with Gasteiger partial charge in [0, 0.05) is 10.4 Å². The summed E-state index contributed by atoms with van der Waals surface area (Å²) in [5.74, 6) is -0.140. The summed E-state index contributed by atoms with van der Waals surface area (Å²) in [5, 5.41) is 11.6. The second-order valence-electron chi connectivity index (χ2n) is 4.71. The lowest BCUT2D eigenvalue weighted by Gasteiger charge is -2.11. The van der Waals surface area contributed by atoms with Gasteiger partial charge in [0.1, 0.15) is 11.9 Å². The number of aliphatic hydroxyl groups is 1. The Morgan fingerprint density at radius 1 is 1.20 bits per heavy atom. The SMILES string of the molecule is Cc1ccc(Cl)cc1C(O)c1cc2cccc(F)c2o1. The number of aliphatic hydroxyl groups excluding tert-OH is 1. The monoisotopic (exact) mass is 290 g/mol. The summed E-state index contributed by atoms with van der Waals surface area (Å²) in [5.41, 5.74) is 1.70. The number of para-hydroxylation sites is 1. The first-order chi connectivity index (χ1) is 9.56. The van der Waals surface area contributed by atoms with Crippen LogP contribution in [0.15, 0.2) is 46.9 Å². The second kappa shape index (κ2) is 4.93. The lowest BCUT2D eigenvalue weighted by molar-refractivity contribution is 0.191. The van der Waals surface area contributed by atoms with E-state index in [1.807, 2.05) is 13.0 Å². The molecule has 1 unspecified atom stereocenters. The number of furan rings is 1. The van der Waals surface area contributed by atoms with Crippen molar-refractivity contribution in [3.8, 4) is 0 Å². The van der Waals surface area contributed by atoms with E-state index < -0.39 is 11.9 Å². The third-order valence-corrected chi connectivity index (χ3v) is 3.56. The quantitative estimate of drug-likeness (QED) is 0.747. The molecule has 0 bridgehead atoms. The van der Waals surface area contributed by atoms with Crippen molar-refractivity contribution < 1.29 is 13.9 Å². The molecule has 0 saturated carbocycles. The lowest BCUT2D eigenvalue weighted by Crippen LogP contribution is -2.00. The Labute approximate surface area is 120 Å². The van der Waals surface area contributed by atoms with E-state index in [2.05, 4.69) is 0 Å². The molecular formula is C16H12ClFO2. The van der Waals surface area contributed by atoms with Crippen LogP contribution in [0.4, 0.5) is 4.39 Å². The van der Waals surface area contributed by atoms with E-state index in [4.69, 9.17) is 16.0 Å². The molecule has 0 aliphatic carbocycles. The molecule has 1 atom stereocenters. The van der Waals surface area contributed by atoms with Gasteiger partial charge in [-0.05, 0) is 42.3 Å². The van der Waals surface area contributed by atoms with E-state index >= 15 is 0 Å². The number of halogens is 2. The zero-order valence-electron chi connectivity index (χ0n) is 10.7. The van der Waals surface area contributed by atoms with E-state index in [-0.39, 0.29) is 5.58 Å². The van der Waals surface area contributed by atoms with Crippen molar-refractivity contribution in [1.29, 1.82) is 0 Å². The van der Waals surface area contributed by atoms with Gasteiger partial charge < -0.3 is 9.52 Å². The summed E-state index contributed by atoms with van der Waals surface area (Å²) in [7, 11) is 0. The molecule has 20 heavy (non-hydrogen) atoms. The fraction of sp³-hybridized carbons (Fsp3) is 0.125. The molecular weight excluding hydrogens is 279 g/mol. The number of rotatable bonds is 2. The number of aryl methyl sites for hydroxylation is 1. The van der Waals surface area contributed by atoms with Crippen molar-refractivity contribution in [1.82, 2.24) is 0 Å². The Hall–Kier alpha value is -1.84. The first kappa shape index (κ1) is 13.2. The van der Waals surface area contributed by atoms with Crippen molar-refractivity contribution in [2.45, 2.75) is 13.0 Å². The molecule has 1 N–H and O–H groups in total. The van der Waals surface area contributed by atoms with Crippen LogP contribution in [0.2, 0.25) is 5.02 Å². The highest BCUT2D eigenvalue weighted by atomic mass is 35.5. The Kier molecular flexibility index (Phi) is 3.24. The smallest absolute Gasteiger partial charge is 0.170 e. The fourth-order valence-corrected chi connectivity index (χ4v) is 2.42. The van der Waals surface area contributed by atoms with Gasteiger partial charge in [-0.2, -0.15) is 0 Å². The van der Waals surface area contributed by atoms with Crippen molar-refractivity contribution in [2.75, 3.05) is 0 Å². The predicted molar refractivity (Wildman–Crippen MR) is 76.4 cm³/mol. The van der Waals surface area contributed by atoms with Gasteiger partial charge in [0.25, 0.3) is 0 Å². The summed E-state index contributed by atoms with van der Waals surface area (Å²) in [6.45, 7) is 1.87. The van der Waals surface area contributed by atoms with Gasteiger partial charge in [0.15, 0.2) is 11.4 Å². The van der Waals surface area contributed by atoms with E-state index in [0.717, 1.165) is 5.56 Å². The normalized spacial score (nSPS) is 12.8. The lowest BCUT2D eigenvalue weighted by atomic mass is 10.0. The Morgan fingerprint density at radius 2 is 2.00 bits per heavy atom. The highest BCUT2D eigenvalue weighted by Gasteiger charge is 2.19. The Bertz CT molecular complexity index is 779. The molecule has 3 aromatic rings. The molecule has 0 radical (unpaired) electrons. The predicted octanol–water partition coefficient (Wildman–Crippen LogP) is 4.62. The minimum atomic E-state index is -0.972. The molecule has 0 aliphatic rings. The molecule has 0 fully saturated rings. The van der Waals surface area contributed by atoms with Gasteiger partial charge in [0.05, 0.1) is 0 Å². The van der Waals surface area contributed by atoms with Crippen LogP contribution in [0.1, 0.15) is 23.0 Å². The van der Waals surface area contributed by atoms with Crippen LogP contribution in [0.25, 0.3) is 11.0 Å². The third kappa shape index (κ3) is 2.19. The van der Waals surface area contributed by atoms with Crippen molar-refractivity contribution in [3.05, 3.63) is 70.2 Å². The summed E-state index contributed by atoms with van der Waals surface area (Å²) < 4.78 is 19.1. The molecule has 2 aromatic carbocycles. The fourth-order valence-electron chi connectivity index (χ4n) is 2.24. The van der Waals surface area contributed by atoms with Crippen LogP contribution in [-0.4, -0.2) is 5.11 Å². The first-order valence-corrected chi connectivity index (χ1v) is 6.56. The standard InChI is InChI=1S/C16H12ClFO2/c1-9-5-6-11(17)8-12(9)15(19)14-7-10-3-2-4-13(18)16(10)20-14/h2-8,15,19H,1H3. The summed E-state index contributed by atoms with van der Waals surface area (Å²) in [4.78, 5) is 0. The average molecular weight is 291 g/mol. The molecule has 2 nitrogen and oxygen atoms in total. The first-order valence-electron chi connectivity index (χ1n) is 6.18. The molecule has 4 heteroatoms. The molecule has 1 aromatic heterocycles. The Morgan fingerprint density at radius 3 is 2.75 bits per heavy atom. The zero-order valence-corrected chi connectivity index (χ0v) is 11.5. The molecule has 0 saturated heterocycles. The summed E-state index contributed by atoms with van der Waals surface area (Å²) >= 11 is 5.95. The average Bonchev–Trinajstić information content (AvgIpc) is 2.86. The maximum absolute atomic E-state index is 13.6. The minimum absolute atomic E-state index is 0.154. The third-order valence-electron chi connectivity index (χ3n) is 3.32. The number of fused-ring (bicyclic) bond motifs is 1.